The van der Waals surface area contributed by atoms with Crippen LogP contribution in [0, 0.1) is 12.8 Å². The smallest absolute Gasteiger partial charge is 0.152 e. The summed E-state index contributed by atoms with van der Waals surface area (Å²) >= 11 is 0. The minimum absolute atomic E-state index is 0.849. The zero-order valence-electron chi connectivity index (χ0n) is 11.4. The second-order valence-corrected chi connectivity index (χ2v) is 5.46. The van der Waals surface area contributed by atoms with Gasteiger partial charge in [-0.15, -0.1) is 0 Å². The Labute approximate surface area is 113 Å². The molecule has 0 saturated heterocycles. The van der Waals surface area contributed by atoms with E-state index < -0.39 is 0 Å². The Morgan fingerprint density at radius 2 is 2.21 bits per heavy atom. The van der Waals surface area contributed by atoms with Crippen molar-refractivity contribution < 1.29 is 4.42 Å². The van der Waals surface area contributed by atoms with E-state index >= 15 is 0 Å². The average Bonchev–Trinajstić information content (AvgIpc) is 3.10. The highest BCUT2D eigenvalue weighted by atomic mass is 16.3. The van der Waals surface area contributed by atoms with Gasteiger partial charge in [0.25, 0.3) is 0 Å². The van der Waals surface area contributed by atoms with E-state index in [9.17, 15) is 0 Å². The lowest BCUT2D eigenvalue weighted by Gasteiger charge is -2.10. The van der Waals surface area contributed by atoms with Gasteiger partial charge in [-0.1, -0.05) is 12.8 Å². The zero-order valence-corrected chi connectivity index (χ0v) is 11.4. The number of H-pyrrole nitrogens is 1. The van der Waals surface area contributed by atoms with Crippen LogP contribution in [0.4, 0.5) is 0 Å². The maximum atomic E-state index is 5.65. The van der Waals surface area contributed by atoms with E-state index in [0.717, 1.165) is 36.2 Å². The van der Waals surface area contributed by atoms with E-state index in [-0.39, 0.29) is 0 Å². The van der Waals surface area contributed by atoms with Gasteiger partial charge in [0, 0.05) is 12.1 Å². The number of nitrogens with one attached hydrogen (secondary N) is 2. The van der Waals surface area contributed by atoms with Gasteiger partial charge in [0.15, 0.2) is 5.76 Å². The molecule has 0 aliphatic heterocycles. The average molecular weight is 259 g/mol. The van der Waals surface area contributed by atoms with Crippen LogP contribution in [0.3, 0.4) is 0 Å². The summed E-state index contributed by atoms with van der Waals surface area (Å²) in [5, 5.41) is 10.7. The molecule has 2 N–H and O–H groups in total. The normalized spacial score (nSPS) is 16.3. The van der Waals surface area contributed by atoms with Gasteiger partial charge in [-0.3, -0.25) is 5.10 Å². The summed E-state index contributed by atoms with van der Waals surface area (Å²) in [5.74, 6) is 2.66. The number of rotatable bonds is 5. The summed E-state index contributed by atoms with van der Waals surface area (Å²) < 4.78 is 5.65. The molecule has 0 bridgehead atoms. The van der Waals surface area contributed by atoms with Crippen molar-refractivity contribution in [3.8, 4) is 11.5 Å². The Hall–Kier alpha value is -1.55. The van der Waals surface area contributed by atoms with Crippen molar-refractivity contribution in [3.05, 3.63) is 29.7 Å². The highest BCUT2D eigenvalue weighted by molar-refractivity contribution is 5.56. The Morgan fingerprint density at radius 1 is 1.37 bits per heavy atom. The third kappa shape index (κ3) is 2.89. The van der Waals surface area contributed by atoms with E-state index in [1.54, 1.807) is 0 Å². The first-order valence-corrected chi connectivity index (χ1v) is 7.12. The number of hydrogen-bond donors (Lipinski definition) is 2. The Balaban J connectivity index is 1.60. The molecule has 2 heterocycles. The number of nitrogens with zero attached hydrogens (tertiary/aromatic N) is 1. The van der Waals surface area contributed by atoms with E-state index in [0.29, 0.717) is 0 Å². The molecule has 0 radical (unpaired) electrons. The van der Waals surface area contributed by atoms with E-state index in [4.69, 9.17) is 4.42 Å². The lowest BCUT2D eigenvalue weighted by atomic mass is 10.1. The molecule has 19 heavy (non-hydrogen) atoms. The fourth-order valence-corrected chi connectivity index (χ4v) is 2.85. The van der Waals surface area contributed by atoms with Crippen molar-refractivity contribution in [2.75, 3.05) is 6.54 Å². The van der Waals surface area contributed by atoms with E-state index in [1.807, 2.05) is 25.3 Å². The Bertz CT molecular complexity index is 523. The number of furan rings is 1. The third-order valence-corrected chi connectivity index (χ3v) is 3.93. The minimum atomic E-state index is 0.849. The first-order chi connectivity index (χ1) is 9.33. The lowest BCUT2D eigenvalue weighted by molar-refractivity contribution is 0.489. The summed E-state index contributed by atoms with van der Waals surface area (Å²) in [7, 11) is 0. The van der Waals surface area contributed by atoms with Crippen molar-refractivity contribution in [1.29, 1.82) is 0 Å². The van der Waals surface area contributed by atoms with Crippen LogP contribution in [0.5, 0.6) is 0 Å². The molecule has 2 aromatic rings. The first kappa shape index (κ1) is 12.5. The number of aromatic amines is 1. The first-order valence-electron chi connectivity index (χ1n) is 7.12. The van der Waals surface area contributed by atoms with Crippen LogP contribution < -0.4 is 5.32 Å². The Kier molecular flexibility index (Phi) is 3.69. The van der Waals surface area contributed by atoms with Crippen LogP contribution in [0.15, 0.2) is 22.7 Å². The summed E-state index contributed by atoms with van der Waals surface area (Å²) in [6.07, 6.45) is 7.43. The number of hydrogen-bond acceptors (Lipinski definition) is 3. The van der Waals surface area contributed by atoms with Crippen LogP contribution >= 0.6 is 0 Å². The van der Waals surface area contributed by atoms with Crippen LogP contribution in [0.2, 0.25) is 0 Å². The van der Waals surface area contributed by atoms with Crippen molar-refractivity contribution in [3.63, 3.8) is 0 Å². The predicted octanol–water partition coefficient (Wildman–Crippen LogP) is 3.26. The molecule has 2 aromatic heterocycles. The fraction of sp³-hybridized carbons (Fsp3) is 0.533. The van der Waals surface area contributed by atoms with Gasteiger partial charge < -0.3 is 9.73 Å². The molecule has 1 saturated carbocycles. The summed E-state index contributed by atoms with van der Waals surface area (Å²) in [6.45, 7) is 3.92. The van der Waals surface area contributed by atoms with Crippen molar-refractivity contribution >= 4 is 0 Å². The molecule has 4 nitrogen and oxygen atoms in total. The van der Waals surface area contributed by atoms with Crippen LogP contribution in [-0.2, 0) is 6.54 Å². The molecular weight excluding hydrogens is 238 g/mol. The zero-order chi connectivity index (χ0) is 13.1. The summed E-state index contributed by atoms with van der Waals surface area (Å²) in [4.78, 5) is 0. The SMILES string of the molecule is Cc1ccc(-c2[nH]ncc2CNCC2CCCC2)o1. The molecule has 1 aliphatic rings. The van der Waals surface area contributed by atoms with Crippen LogP contribution in [0.25, 0.3) is 11.5 Å². The standard InChI is InChI=1S/C15H21N3O/c1-11-6-7-14(19-11)15-13(10-17-18-15)9-16-8-12-4-2-3-5-12/h6-7,10,12,16H,2-5,8-9H2,1H3,(H,17,18). The van der Waals surface area contributed by atoms with E-state index in [2.05, 4.69) is 15.5 Å². The predicted molar refractivity (Wildman–Crippen MR) is 74.7 cm³/mol. The highest BCUT2D eigenvalue weighted by Gasteiger charge is 2.15. The summed E-state index contributed by atoms with van der Waals surface area (Å²) in [6, 6.07) is 3.97. The molecule has 1 fully saturated rings. The quantitative estimate of drug-likeness (QED) is 0.866. The van der Waals surface area contributed by atoms with Gasteiger partial charge >= 0.3 is 0 Å². The molecule has 0 atom stereocenters. The molecule has 0 amide bonds. The second kappa shape index (κ2) is 5.61. The maximum absolute atomic E-state index is 5.65. The van der Waals surface area contributed by atoms with Gasteiger partial charge in [-0.25, -0.2) is 0 Å². The molecular formula is C15H21N3O. The van der Waals surface area contributed by atoms with Crippen molar-refractivity contribution in [2.45, 2.75) is 39.2 Å². The number of aryl methyl sites for hydroxylation is 1. The molecule has 0 spiro atoms. The minimum Gasteiger partial charge on any atom is -0.460 e. The largest absolute Gasteiger partial charge is 0.460 e. The van der Waals surface area contributed by atoms with Crippen LogP contribution in [-0.4, -0.2) is 16.7 Å². The van der Waals surface area contributed by atoms with Crippen molar-refractivity contribution in [1.82, 2.24) is 15.5 Å². The molecule has 3 rings (SSSR count). The second-order valence-electron chi connectivity index (χ2n) is 5.46. The van der Waals surface area contributed by atoms with Gasteiger partial charge in [0.2, 0.25) is 0 Å². The molecule has 4 heteroatoms. The molecule has 0 unspecified atom stereocenters. The Morgan fingerprint density at radius 3 is 2.95 bits per heavy atom. The topological polar surface area (TPSA) is 53.9 Å². The van der Waals surface area contributed by atoms with Gasteiger partial charge in [0.05, 0.1) is 6.20 Å². The van der Waals surface area contributed by atoms with Gasteiger partial charge in [-0.2, -0.15) is 5.10 Å². The molecule has 102 valence electrons. The monoisotopic (exact) mass is 259 g/mol. The fourth-order valence-electron chi connectivity index (χ4n) is 2.85. The summed E-state index contributed by atoms with van der Waals surface area (Å²) in [5.41, 5.74) is 2.17. The van der Waals surface area contributed by atoms with Gasteiger partial charge in [0.1, 0.15) is 11.5 Å². The van der Waals surface area contributed by atoms with Crippen molar-refractivity contribution in [2.24, 2.45) is 5.92 Å². The number of aromatic nitrogens is 2. The molecule has 0 aromatic carbocycles. The van der Waals surface area contributed by atoms with Gasteiger partial charge in [-0.05, 0) is 44.4 Å². The lowest BCUT2D eigenvalue weighted by Crippen LogP contribution is -2.20. The highest BCUT2D eigenvalue weighted by Crippen LogP contribution is 2.25. The third-order valence-electron chi connectivity index (χ3n) is 3.93. The van der Waals surface area contributed by atoms with Crippen LogP contribution in [0.1, 0.15) is 37.0 Å². The van der Waals surface area contributed by atoms with E-state index in [1.165, 1.54) is 31.2 Å². The molecule has 1 aliphatic carbocycles. The maximum Gasteiger partial charge on any atom is 0.152 e.